The number of carbonyl (C=O) groups is 1. The van der Waals surface area contributed by atoms with Crippen LogP contribution in [0.2, 0.25) is 0 Å². The molecule has 0 radical (unpaired) electrons. The van der Waals surface area contributed by atoms with Crippen LogP contribution in [-0.4, -0.2) is 40.1 Å². The first-order chi connectivity index (χ1) is 10.1. The van der Waals surface area contributed by atoms with Crippen LogP contribution in [0.1, 0.15) is 12.2 Å². The van der Waals surface area contributed by atoms with Crippen LogP contribution in [0.3, 0.4) is 0 Å². The van der Waals surface area contributed by atoms with Gasteiger partial charge in [-0.3, -0.25) is 4.79 Å². The second-order valence-corrected chi connectivity index (χ2v) is 5.96. The minimum atomic E-state index is -0.418. The summed E-state index contributed by atoms with van der Waals surface area (Å²) in [5.74, 6) is 1.78. The van der Waals surface area contributed by atoms with E-state index >= 15 is 0 Å². The van der Waals surface area contributed by atoms with E-state index in [1.807, 2.05) is 37.4 Å². The molecule has 114 valence electrons. The van der Waals surface area contributed by atoms with Gasteiger partial charge in [-0.1, -0.05) is 12.1 Å². The van der Waals surface area contributed by atoms with Gasteiger partial charge >= 0.3 is 0 Å². The van der Waals surface area contributed by atoms with Crippen LogP contribution in [0.15, 0.2) is 24.3 Å². The molecule has 1 heterocycles. The third-order valence-corrected chi connectivity index (χ3v) is 4.09. The zero-order chi connectivity index (χ0) is 15.2. The summed E-state index contributed by atoms with van der Waals surface area (Å²) in [4.78, 5) is 16.4. The highest BCUT2D eigenvalue weighted by Crippen LogP contribution is 2.14. The molecule has 0 saturated carbocycles. The van der Waals surface area contributed by atoms with Gasteiger partial charge in [-0.15, -0.1) is 0 Å². The Hall–Kier alpha value is -1.53. The van der Waals surface area contributed by atoms with Crippen molar-refractivity contribution in [1.29, 1.82) is 0 Å². The number of nitrogens with two attached hydrogens (primary N) is 1. The maximum absolute atomic E-state index is 11.9. The summed E-state index contributed by atoms with van der Waals surface area (Å²) in [6, 6.07) is 7.60. The average Bonchev–Trinajstić information content (AvgIpc) is 2.80. The molecule has 0 aliphatic heterocycles. The van der Waals surface area contributed by atoms with E-state index in [-0.39, 0.29) is 5.91 Å². The van der Waals surface area contributed by atoms with E-state index in [0.29, 0.717) is 19.5 Å². The number of imidazole rings is 1. The lowest BCUT2D eigenvalue weighted by Crippen LogP contribution is -2.42. The summed E-state index contributed by atoms with van der Waals surface area (Å²) >= 11 is 1.70. The largest absolute Gasteiger partial charge is 0.353 e. The Morgan fingerprint density at radius 2 is 2.24 bits per heavy atom. The SMILES string of the molecule is CSCC[C@@H](N)C(=O)NCCn1c(C)nc2ccccc21. The van der Waals surface area contributed by atoms with Crippen molar-refractivity contribution in [3.63, 3.8) is 0 Å². The number of amides is 1. The molecule has 2 aromatic rings. The van der Waals surface area contributed by atoms with Crippen molar-refractivity contribution in [2.24, 2.45) is 5.73 Å². The summed E-state index contributed by atoms with van der Waals surface area (Å²) < 4.78 is 2.11. The van der Waals surface area contributed by atoms with Gasteiger partial charge < -0.3 is 15.6 Å². The lowest BCUT2D eigenvalue weighted by molar-refractivity contribution is -0.122. The van der Waals surface area contributed by atoms with Crippen LogP contribution in [0.4, 0.5) is 0 Å². The van der Waals surface area contributed by atoms with Gasteiger partial charge in [-0.25, -0.2) is 4.98 Å². The first-order valence-corrected chi connectivity index (χ1v) is 8.47. The molecule has 0 fully saturated rings. The number of fused-ring (bicyclic) bond motifs is 1. The van der Waals surface area contributed by atoms with E-state index in [9.17, 15) is 4.79 Å². The highest BCUT2D eigenvalue weighted by Gasteiger charge is 2.12. The summed E-state index contributed by atoms with van der Waals surface area (Å²) in [7, 11) is 0. The highest BCUT2D eigenvalue weighted by molar-refractivity contribution is 7.98. The molecule has 5 nitrogen and oxygen atoms in total. The van der Waals surface area contributed by atoms with Gasteiger partial charge in [0.1, 0.15) is 5.82 Å². The Bertz CT molecular complexity index is 611. The van der Waals surface area contributed by atoms with Crippen molar-refractivity contribution in [3.05, 3.63) is 30.1 Å². The topological polar surface area (TPSA) is 72.9 Å². The first-order valence-electron chi connectivity index (χ1n) is 7.07. The summed E-state index contributed by atoms with van der Waals surface area (Å²) in [6.07, 6.45) is 2.72. The molecule has 0 saturated heterocycles. The quantitative estimate of drug-likeness (QED) is 0.814. The Labute approximate surface area is 129 Å². The number of benzene rings is 1. The molecule has 0 spiro atoms. The maximum atomic E-state index is 11.9. The number of para-hydroxylation sites is 2. The first kappa shape index (κ1) is 15.9. The van der Waals surface area contributed by atoms with Gasteiger partial charge in [-0.2, -0.15) is 11.8 Å². The van der Waals surface area contributed by atoms with E-state index in [1.165, 1.54) is 0 Å². The van der Waals surface area contributed by atoms with E-state index < -0.39 is 6.04 Å². The number of aromatic nitrogens is 2. The van der Waals surface area contributed by atoms with Crippen LogP contribution in [-0.2, 0) is 11.3 Å². The molecule has 0 unspecified atom stereocenters. The van der Waals surface area contributed by atoms with Crippen LogP contribution in [0.5, 0.6) is 0 Å². The number of thioether (sulfide) groups is 1. The van der Waals surface area contributed by atoms with E-state index in [4.69, 9.17) is 5.73 Å². The zero-order valence-corrected chi connectivity index (χ0v) is 13.3. The summed E-state index contributed by atoms with van der Waals surface area (Å²) in [5.41, 5.74) is 7.92. The third kappa shape index (κ3) is 3.98. The van der Waals surface area contributed by atoms with Crippen molar-refractivity contribution in [1.82, 2.24) is 14.9 Å². The van der Waals surface area contributed by atoms with Gasteiger partial charge in [-0.05, 0) is 37.5 Å². The van der Waals surface area contributed by atoms with Crippen molar-refractivity contribution < 1.29 is 4.79 Å². The fourth-order valence-electron chi connectivity index (χ4n) is 2.28. The molecular weight excluding hydrogens is 284 g/mol. The van der Waals surface area contributed by atoms with Crippen LogP contribution in [0.25, 0.3) is 11.0 Å². The fraction of sp³-hybridized carbons (Fsp3) is 0.467. The number of hydrogen-bond donors (Lipinski definition) is 2. The predicted molar refractivity (Wildman–Crippen MR) is 88.5 cm³/mol. The molecule has 0 bridgehead atoms. The molecule has 21 heavy (non-hydrogen) atoms. The normalized spacial score (nSPS) is 12.5. The van der Waals surface area contributed by atoms with Crippen molar-refractivity contribution in [2.45, 2.75) is 25.9 Å². The Morgan fingerprint density at radius 1 is 1.48 bits per heavy atom. The smallest absolute Gasteiger partial charge is 0.237 e. The van der Waals surface area contributed by atoms with Crippen molar-refractivity contribution >= 4 is 28.7 Å². The van der Waals surface area contributed by atoms with Crippen LogP contribution in [0, 0.1) is 6.92 Å². The Kier molecular flexibility index (Phi) is 5.64. The van der Waals surface area contributed by atoms with E-state index in [2.05, 4.69) is 14.9 Å². The molecular formula is C15H22N4OS. The molecule has 1 aromatic heterocycles. The summed E-state index contributed by atoms with van der Waals surface area (Å²) in [5, 5.41) is 2.90. The lowest BCUT2D eigenvalue weighted by Gasteiger charge is -2.12. The number of carbonyl (C=O) groups excluding carboxylic acids is 1. The minimum absolute atomic E-state index is 0.0777. The molecule has 6 heteroatoms. The molecule has 2 rings (SSSR count). The van der Waals surface area contributed by atoms with Crippen molar-refractivity contribution in [2.75, 3.05) is 18.6 Å². The van der Waals surface area contributed by atoms with Gasteiger partial charge in [0.2, 0.25) is 5.91 Å². The summed E-state index contributed by atoms with van der Waals surface area (Å²) in [6.45, 7) is 3.24. The van der Waals surface area contributed by atoms with Gasteiger partial charge in [0.15, 0.2) is 0 Å². The maximum Gasteiger partial charge on any atom is 0.237 e. The van der Waals surface area contributed by atoms with Crippen LogP contribution >= 0.6 is 11.8 Å². The molecule has 1 atom stereocenters. The number of nitrogens with one attached hydrogen (secondary N) is 1. The number of nitrogens with zero attached hydrogens (tertiary/aromatic N) is 2. The van der Waals surface area contributed by atoms with E-state index in [0.717, 1.165) is 22.6 Å². The second kappa shape index (κ2) is 7.47. The number of hydrogen-bond acceptors (Lipinski definition) is 4. The lowest BCUT2D eigenvalue weighted by atomic mass is 10.2. The van der Waals surface area contributed by atoms with Crippen molar-refractivity contribution in [3.8, 4) is 0 Å². The predicted octanol–water partition coefficient (Wildman–Crippen LogP) is 1.54. The standard InChI is InChI=1S/C15H22N4OS/c1-11-18-13-5-3-4-6-14(13)19(11)9-8-17-15(20)12(16)7-10-21-2/h3-6,12H,7-10,16H2,1-2H3,(H,17,20)/t12-/m1/s1. The number of rotatable bonds is 7. The third-order valence-electron chi connectivity index (χ3n) is 3.45. The minimum Gasteiger partial charge on any atom is -0.353 e. The molecule has 1 aromatic carbocycles. The molecule has 0 aliphatic carbocycles. The molecule has 3 N–H and O–H groups in total. The Balaban J connectivity index is 1.90. The highest BCUT2D eigenvalue weighted by atomic mass is 32.2. The second-order valence-electron chi connectivity index (χ2n) is 4.98. The average molecular weight is 306 g/mol. The Morgan fingerprint density at radius 3 is 3.00 bits per heavy atom. The monoisotopic (exact) mass is 306 g/mol. The molecule has 0 aliphatic rings. The van der Waals surface area contributed by atoms with Gasteiger partial charge in [0.05, 0.1) is 17.1 Å². The van der Waals surface area contributed by atoms with Crippen LogP contribution < -0.4 is 11.1 Å². The number of aryl methyl sites for hydroxylation is 1. The van der Waals surface area contributed by atoms with Gasteiger partial charge in [0.25, 0.3) is 0 Å². The van der Waals surface area contributed by atoms with E-state index in [1.54, 1.807) is 11.8 Å². The zero-order valence-electron chi connectivity index (χ0n) is 12.5. The van der Waals surface area contributed by atoms with Gasteiger partial charge in [0, 0.05) is 13.1 Å². The fourth-order valence-corrected chi connectivity index (χ4v) is 2.77. The molecule has 1 amide bonds.